The van der Waals surface area contributed by atoms with E-state index in [0.29, 0.717) is 13.0 Å². The van der Waals surface area contributed by atoms with Crippen molar-refractivity contribution in [2.75, 3.05) is 32.7 Å². The number of piperazine rings is 1. The summed E-state index contributed by atoms with van der Waals surface area (Å²) in [5.41, 5.74) is 1.25. The summed E-state index contributed by atoms with van der Waals surface area (Å²) < 4.78 is 0. The molecule has 1 N–H and O–H groups in total. The van der Waals surface area contributed by atoms with Crippen LogP contribution in [0.15, 0.2) is 18.3 Å². The summed E-state index contributed by atoms with van der Waals surface area (Å²) >= 11 is 0. The molecule has 1 aromatic heterocycles. The fourth-order valence-corrected chi connectivity index (χ4v) is 2.59. The van der Waals surface area contributed by atoms with Crippen molar-refractivity contribution >= 4 is 5.91 Å². The van der Waals surface area contributed by atoms with Crippen molar-refractivity contribution < 1.29 is 9.90 Å². The molecule has 1 saturated heterocycles. The van der Waals surface area contributed by atoms with Gasteiger partial charge in [0.1, 0.15) is 0 Å². The molecule has 0 aliphatic carbocycles. The Labute approximate surface area is 126 Å². The number of carbonyl (C=O) groups is 1. The van der Waals surface area contributed by atoms with Crippen molar-refractivity contribution in [2.45, 2.75) is 32.8 Å². The lowest BCUT2D eigenvalue weighted by Gasteiger charge is -2.37. The maximum atomic E-state index is 12.3. The average molecular weight is 291 g/mol. The average Bonchev–Trinajstić information content (AvgIpc) is 2.40. The summed E-state index contributed by atoms with van der Waals surface area (Å²) in [6.45, 7) is 9.32. The lowest BCUT2D eigenvalue weighted by molar-refractivity contribution is -0.132. The van der Waals surface area contributed by atoms with E-state index in [2.05, 4.69) is 9.88 Å². The first-order valence-corrected chi connectivity index (χ1v) is 7.47. The van der Waals surface area contributed by atoms with E-state index >= 15 is 0 Å². The number of aromatic nitrogens is 1. The van der Waals surface area contributed by atoms with Gasteiger partial charge in [0.05, 0.1) is 12.0 Å². The van der Waals surface area contributed by atoms with Crippen molar-refractivity contribution in [3.63, 3.8) is 0 Å². The van der Waals surface area contributed by atoms with E-state index in [1.807, 2.05) is 37.8 Å². The molecule has 2 rings (SSSR count). The SMILES string of the molecule is Cc1ccc(CC(=O)N2CCN(CC(C)(C)O)CC2)cn1. The highest BCUT2D eigenvalue weighted by molar-refractivity contribution is 5.78. The van der Waals surface area contributed by atoms with Crippen LogP contribution >= 0.6 is 0 Å². The van der Waals surface area contributed by atoms with E-state index in [1.54, 1.807) is 6.20 Å². The number of hydrogen-bond acceptors (Lipinski definition) is 4. The number of hydrogen-bond donors (Lipinski definition) is 1. The number of rotatable bonds is 4. The number of pyridine rings is 1. The quantitative estimate of drug-likeness (QED) is 0.893. The Morgan fingerprint density at radius 3 is 2.48 bits per heavy atom. The molecule has 21 heavy (non-hydrogen) atoms. The maximum absolute atomic E-state index is 12.3. The molecule has 2 heterocycles. The number of nitrogens with zero attached hydrogens (tertiary/aromatic N) is 3. The van der Waals surface area contributed by atoms with E-state index in [4.69, 9.17) is 0 Å². The fraction of sp³-hybridized carbons (Fsp3) is 0.625. The van der Waals surface area contributed by atoms with Crippen LogP contribution in [-0.2, 0) is 11.2 Å². The van der Waals surface area contributed by atoms with Crippen molar-refractivity contribution in [1.29, 1.82) is 0 Å². The molecule has 0 unspecified atom stereocenters. The normalized spacial score (nSPS) is 17.0. The zero-order valence-electron chi connectivity index (χ0n) is 13.2. The number of carbonyl (C=O) groups excluding carboxylic acids is 1. The minimum absolute atomic E-state index is 0.156. The predicted molar refractivity (Wildman–Crippen MR) is 82.0 cm³/mol. The van der Waals surface area contributed by atoms with Gasteiger partial charge >= 0.3 is 0 Å². The van der Waals surface area contributed by atoms with Crippen molar-refractivity contribution in [2.24, 2.45) is 0 Å². The maximum Gasteiger partial charge on any atom is 0.227 e. The molecule has 1 aliphatic rings. The van der Waals surface area contributed by atoms with Crippen LogP contribution in [-0.4, -0.2) is 64.1 Å². The molecular weight excluding hydrogens is 266 g/mol. The molecule has 0 aromatic carbocycles. The first-order chi connectivity index (χ1) is 9.83. The topological polar surface area (TPSA) is 56.7 Å². The summed E-state index contributed by atoms with van der Waals surface area (Å²) in [6.07, 6.45) is 2.19. The molecule has 5 heteroatoms. The van der Waals surface area contributed by atoms with Gasteiger partial charge in [-0.1, -0.05) is 6.07 Å². The lowest BCUT2D eigenvalue weighted by Crippen LogP contribution is -2.52. The minimum Gasteiger partial charge on any atom is -0.389 e. The number of amides is 1. The third-order valence-electron chi connectivity index (χ3n) is 3.66. The second-order valence-corrected chi connectivity index (χ2v) is 6.45. The van der Waals surface area contributed by atoms with E-state index in [9.17, 15) is 9.90 Å². The third kappa shape index (κ3) is 5.10. The molecule has 5 nitrogen and oxygen atoms in total. The molecule has 1 aliphatic heterocycles. The van der Waals surface area contributed by atoms with Gasteiger partial charge in [-0.3, -0.25) is 14.7 Å². The van der Waals surface area contributed by atoms with Gasteiger partial charge in [0.25, 0.3) is 0 Å². The lowest BCUT2D eigenvalue weighted by atomic mass is 10.1. The summed E-state index contributed by atoms with van der Waals surface area (Å²) in [7, 11) is 0. The standard InChI is InChI=1S/C16H25N3O2/c1-13-4-5-14(11-17-13)10-15(20)19-8-6-18(7-9-19)12-16(2,3)21/h4-5,11,21H,6-10,12H2,1-3H3. The summed E-state index contributed by atoms with van der Waals surface area (Å²) in [5, 5.41) is 9.83. The highest BCUT2D eigenvalue weighted by atomic mass is 16.3. The van der Waals surface area contributed by atoms with Crippen LogP contribution < -0.4 is 0 Å². The highest BCUT2D eigenvalue weighted by Gasteiger charge is 2.24. The monoisotopic (exact) mass is 291 g/mol. The van der Waals surface area contributed by atoms with Crippen LogP contribution in [0.3, 0.4) is 0 Å². The third-order valence-corrected chi connectivity index (χ3v) is 3.66. The Kier molecular flexibility index (Phi) is 4.96. The predicted octanol–water partition coefficient (Wildman–Crippen LogP) is 0.848. The molecule has 0 radical (unpaired) electrons. The van der Waals surface area contributed by atoms with Crippen LogP contribution in [0.5, 0.6) is 0 Å². The van der Waals surface area contributed by atoms with Gasteiger partial charge in [0.2, 0.25) is 5.91 Å². The summed E-state index contributed by atoms with van der Waals surface area (Å²) in [4.78, 5) is 20.6. The number of β-amino-alcohol motifs (C(OH)–C–C–N with tert-alkyl or cyclic N) is 1. The zero-order valence-corrected chi connectivity index (χ0v) is 13.2. The van der Waals surface area contributed by atoms with Gasteiger partial charge in [-0.25, -0.2) is 0 Å². The zero-order chi connectivity index (χ0) is 15.5. The molecule has 0 atom stereocenters. The van der Waals surface area contributed by atoms with Crippen LogP contribution in [0.1, 0.15) is 25.1 Å². The second-order valence-electron chi connectivity index (χ2n) is 6.45. The fourth-order valence-electron chi connectivity index (χ4n) is 2.59. The van der Waals surface area contributed by atoms with Crippen LogP contribution in [0, 0.1) is 6.92 Å². The molecular formula is C16H25N3O2. The molecule has 116 valence electrons. The van der Waals surface area contributed by atoms with Crippen LogP contribution in [0.2, 0.25) is 0 Å². The van der Waals surface area contributed by atoms with E-state index < -0.39 is 5.60 Å². The van der Waals surface area contributed by atoms with Crippen molar-refractivity contribution in [1.82, 2.24) is 14.8 Å². The highest BCUT2D eigenvalue weighted by Crippen LogP contribution is 2.10. The number of aliphatic hydroxyl groups is 1. The Balaban J connectivity index is 1.81. The Hall–Kier alpha value is -1.46. The smallest absolute Gasteiger partial charge is 0.227 e. The van der Waals surface area contributed by atoms with Gasteiger partial charge < -0.3 is 10.0 Å². The van der Waals surface area contributed by atoms with E-state index in [0.717, 1.165) is 37.4 Å². The molecule has 0 bridgehead atoms. The first kappa shape index (κ1) is 15.9. The van der Waals surface area contributed by atoms with Gasteiger partial charge in [0, 0.05) is 44.6 Å². The molecule has 0 saturated carbocycles. The first-order valence-electron chi connectivity index (χ1n) is 7.47. The summed E-state index contributed by atoms with van der Waals surface area (Å²) in [6, 6.07) is 3.90. The van der Waals surface area contributed by atoms with E-state index in [-0.39, 0.29) is 5.91 Å². The Bertz CT molecular complexity index is 471. The minimum atomic E-state index is -0.681. The molecule has 0 spiro atoms. The largest absolute Gasteiger partial charge is 0.389 e. The van der Waals surface area contributed by atoms with Gasteiger partial charge in [0.15, 0.2) is 0 Å². The van der Waals surface area contributed by atoms with Crippen molar-refractivity contribution in [3.05, 3.63) is 29.6 Å². The second kappa shape index (κ2) is 6.54. The molecule has 1 aromatic rings. The summed E-state index contributed by atoms with van der Waals surface area (Å²) in [5.74, 6) is 0.156. The van der Waals surface area contributed by atoms with Gasteiger partial charge in [-0.15, -0.1) is 0 Å². The van der Waals surface area contributed by atoms with Crippen molar-refractivity contribution in [3.8, 4) is 0 Å². The van der Waals surface area contributed by atoms with Gasteiger partial charge in [-0.2, -0.15) is 0 Å². The number of aryl methyl sites for hydroxylation is 1. The Morgan fingerprint density at radius 1 is 1.29 bits per heavy atom. The van der Waals surface area contributed by atoms with E-state index in [1.165, 1.54) is 0 Å². The van der Waals surface area contributed by atoms with Crippen LogP contribution in [0.25, 0.3) is 0 Å². The molecule has 1 fully saturated rings. The molecule has 1 amide bonds. The Morgan fingerprint density at radius 2 is 1.95 bits per heavy atom. The van der Waals surface area contributed by atoms with Gasteiger partial charge in [-0.05, 0) is 32.4 Å². The van der Waals surface area contributed by atoms with Crippen LogP contribution in [0.4, 0.5) is 0 Å².